The number of hydrogen-bond acceptors (Lipinski definition) is 5. The fourth-order valence-electron chi connectivity index (χ4n) is 3.29. The van der Waals surface area contributed by atoms with Gasteiger partial charge in [-0.25, -0.2) is 0 Å². The SMILES string of the molecule is N#Cc1cc(NC2CC3CCC(C2)N3)ccc1[N+](=O)[O-]. The third-order valence-corrected chi connectivity index (χ3v) is 4.16. The highest BCUT2D eigenvalue weighted by Gasteiger charge is 2.33. The summed E-state index contributed by atoms with van der Waals surface area (Å²) in [6.07, 6.45) is 4.59. The third kappa shape index (κ3) is 2.45. The summed E-state index contributed by atoms with van der Waals surface area (Å²) in [4.78, 5) is 10.3. The molecule has 0 radical (unpaired) electrons. The van der Waals surface area contributed by atoms with E-state index in [-0.39, 0.29) is 11.3 Å². The van der Waals surface area contributed by atoms with E-state index in [1.54, 1.807) is 12.1 Å². The van der Waals surface area contributed by atoms with E-state index in [0.29, 0.717) is 18.1 Å². The third-order valence-electron chi connectivity index (χ3n) is 4.16. The van der Waals surface area contributed by atoms with Gasteiger partial charge >= 0.3 is 0 Å². The molecular formula is C14H16N4O2. The van der Waals surface area contributed by atoms with Crippen molar-refractivity contribution in [3.8, 4) is 6.07 Å². The summed E-state index contributed by atoms with van der Waals surface area (Å²) in [6.45, 7) is 0. The van der Waals surface area contributed by atoms with Gasteiger partial charge in [0.05, 0.1) is 4.92 Å². The molecule has 2 atom stereocenters. The van der Waals surface area contributed by atoms with Crippen molar-refractivity contribution >= 4 is 11.4 Å². The summed E-state index contributed by atoms with van der Waals surface area (Å²) in [5, 5.41) is 26.8. The molecule has 2 saturated heterocycles. The largest absolute Gasteiger partial charge is 0.382 e. The van der Waals surface area contributed by atoms with Crippen LogP contribution in [0.2, 0.25) is 0 Å². The highest BCUT2D eigenvalue weighted by molar-refractivity contribution is 5.59. The first kappa shape index (κ1) is 12.9. The fourth-order valence-corrected chi connectivity index (χ4v) is 3.29. The first-order valence-corrected chi connectivity index (χ1v) is 6.87. The molecule has 0 amide bonds. The lowest BCUT2D eigenvalue weighted by Crippen LogP contribution is -2.43. The Balaban J connectivity index is 1.75. The Morgan fingerprint density at radius 2 is 2.05 bits per heavy atom. The van der Waals surface area contributed by atoms with Crippen molar-refractivity contribution < 1.29 is 4.92 Å². The number of nitro groups is 1. The number of nitrogens with zero attached hydrogens (tertiary/aromatic N) is 2. The molecule has 2 aliphatic heterocycles. The number of rotatable bonds is 3. The number of hydrogen-bond donors (Lipinski definition) is 2. The Kier molecular flexibility index (Phi) is 3.28. The fraction of sp³-hybridized carbons (Fsp3) is 0.500. The molecule has 2 unspecified atom stereocenters. The molecule has 2 N–H and O–H groups in total. The lowest BCUT2D eigenvalue weighted by molar-refractivity contribution is -0.385. The monoisotopic (exact) mass is 272 g/mol. The van der Waals surface area contributed by atoms with Crippen molar-refractivity contribution in [2.24, 2.45) is 0 Å². The maximum atomic E-state index is 10.8. The summed E-state index contributed by atoms with van der Waals surface area (Å²) in [6, 6.07) is 8.09. The highest BCUT2D eigenvalue weighted by atomic mass is 16.6. The van der Waals surface area contributed by atoms with E-state index >= 15 is 0 Å². The van der Waals surface area contributed by atoms with Crippen molar-refractivity contribution in [2.45, 2.75) is 43.8 Å². The van der Waals surface area contributed by atoms with Crippen LogP contribution in [0.3, 0.4) is 0 Å². The van der Waals surface area contributed by atoms with Crippen molar-refractivity contribution in [1.82, 2.24) is 5.32 Å². The van der Waals surface area contributed by atoms with Crippen molar-refractivity contribution in [3.05, 3.63) is 33.9 Å². The Hall–Kier alpha value is -2.13. The lowest BCUT2D eigenvalue weighted by atomic mass is 9.99. The number of fused-ring (bicyclic) bond motifs is 2. The van der Waals surface area contributed by atoms with Gasteiger partial charge in [0, 0.05) is 29.9 Å². The van der Waals surface area contributed by atoms with E-state index in [9.17, 15) is 10.1 Å². The molecule has 1 aromatic rings. The Morgan fingerprint density at radius 1 is 1.35 bits per heavy atom. The van der Waals surface area contributed by atoms with Gasteiger partial charge in [-0.15, -0.1) is 0 Å². The van der Waals surface area contributed by atoms with Gasteiger partial charge in [0.15, 0.2) is 0 Å². The van der Waals surface area contributed by atoms with E-state index < -0.39 is 4.92 Å². The first-order chi connectivity index (χ1) is 9.65. The molecule has 3 rings (SSSR count). The number of nitriles is 1. The minimum atomic E-state index is -0.521. The molecule has 6 heteroatoms. The quantitative estimate of drug-likeness (QED) is 0.650. The Bertz CT molecular complexity index is 569. The van der Waals surface area contributed by atoms with Gasteiger partial charge < -0.3 is 10.6 Å². The zero-order valence-electron chi connectivity index (χ0n) is 11.0. The van der Waals surface area contributed by atoms with Crippen LogP contribution < -0.4 is 10.6 Å². The summed E-state index contributed by atoms with van der Waals surface area (Å²) in [5.74, 6) is 0. The molecule has 2 heterocycles. The van der Waals surface area contributed by atoms with E-state index in [1.807, 2.05) is 6.07 Å². The maximum absolute atomic E-state index is 10.8. The summed E-state index contributed by atoms with van der Waals surface area (Å²) < 4.78 is 0. The van der Waals surface area contributed by atoms with Gasteiger partial charge in [-0.3, -0.25) is 10.1 Å². The standard InChI is InChI=1S/C14H16N4O2/c15-8-9-5-10(3-4-14(9)18(19)20)17-13-6-11-1-2-12(7-13)16-11/h3-5,11-13,16-17H,1-2,6-7H2. The second-order valence-corrected chi connectivity index (χ2v) is 5.55. The topological polar surface area (TPSA) is 91.0 Å². The summed E-state index contributed by atoms with van der Waals surface area (Å²) in [7, 11) is 0. The van der Waals surface area contributed by atoms with Crippen LogP contribution in [0, 0.1) is 21.4 Å². The van der Waals surface area contributed by atoms with Crippen LogP contribution in [0.15, 0.2) is 18.2 Å². The molecule has 104 valence electrons. The van der Waals surface area contributed by atoms with Crippen molar-refractivity contribution in [1.29, 1.82) is 5.26 Å². The Morgan fingerprint density at radius 3 is 2.65 bits per heavy atom. The van der Waals surface area contributed by atoms with E-state index in [1.165, 1.54) is 18.9 Å². The number of anilines is 1. The van der Waals surface area contributed by atoms with Gasteiger partial charge in [-0.1, -0.05) is 0 Å². The van der Waals surface area contributed by atoms with Gasteiger partial charge in [0.2, 0.25) is 0 Å². The highest BCUT2D eigenvalue weighted by Crippen LogP contribution is 2.30. The van der Waals surface area contributed by atoms with Crippen LogP contribution in [0.25, 0.3) is 0 Å². The van der Waals surface area contributed by atoms with Gasteiger partial charge in [0.25, 0.3) is 5.69 Å². The normalized spacial score (nSPS) is 27.9. The van der Waals surface area contributed by atoms with Gasteiger partial charge in [0.1, 0.15) is 11.6 Å². The molecule has 2 fully saturated rings. The van der Waals surface area contributed by atoms with Crippen molar-refractivity contribution in [3.63, 3.8) is 0 Å². The number of piperidine rings is 1. The number of nitro benzene ring substituents is 1. The molecule has 1 aromatic carbocycles. The van der Waals surface area contributed by atoms with E-state index in [4.69, 9.17) is 5.26 Å². The second-order valence-electron chi connectivity index (χ2n) is 5.55. The van der Waals surface area contributed by atoms with E-state index in [0.717, 1.165) is 18.5 Å². The minimum absolute atomic E-state index is 0.108. The zero-order chi connectivity index (χ0) is 14.1. The molecular weight excluding hydrogens is 256 g/mol. The summed E-state index contributed by atoms with van der Waals surface area (Å²) >= 11 is 0. The minimum Gasteiger partial charge on any atom is -0.382 e. The van der Waals surface area contributed by atoms with Crippen molar-refractivity contribution in [2.75, 3.05) is 5.32 Å². The first-order valence-electron chi connectivity index (χ1n) is 6.87. The number of benzene rings is 1. The van der Waals surface area contributed by atoms with Crippen LogP contribution in [-0.2, 0) is 0 Å². The van der Waals surface area contributed by atoms with Crippen LogP contribution >= 0.6 is 0 Å². The molecule has 2 bridgehead atoms. The predicted molar refractivity (Wildman–Crippen MR) is 74.4 cm³/mol. The van der Waals surface area contributed by atoms with Gasteiger partial charge in [-0.2, -0.15) is 5.26 Å². The van der Waals surface area contributed by atoms with Crippen LogP contribution in [0.4, 0.5) is 11.4 Å². The summed E-state index contributed by atoms with van der Waals surface area (Å²) in [5.41, 5.74) is 0.763. The molecule has 2 aliphatic rings. The smallest absolute Gasteiger partial charge is 0.287 e. The lowest BCUT2D eigenvalue weighted by Gasteiger charge is -2.30. The Labute approximate surface area is 116 Å². The number of nitrogens with one attached hydrogen (secondary N) is 2. The predicted octanol–water partition coefficient (Wildman–Crippen LogP) is 2.16. The molecule has 0 saturated carbocycles. The molecule has 20 heavy (non-hydrogen) atoms. The average Bonchev–Trinajstić information content (AvgIpc) is 2.77. The second kappa shape index (κ2) is 5.10. The molecule has 0 aromatic heterocycles. The molecule has 0 aliphatic carbocycles. The van der Waals surface area contributed by atoms with Crippen LogP contribution in [-0.4, -0.2) is 23.0 Å². The molecule has 0 spiro atoms. The zero-order valence-corrected chi connectivity index (χ0v) is 11.0. The van der Waals surface area contributed by atoms with Crippen LogP contribution in [0.1, 0.15) is 31.2 Å². The maximum Gasteiger partial charge on any atom is 0.287 e. The van der Waals surface area contributed by atoms with Gasteiger partial charge in [-0.05, 0) is 37.8 Å². The molecule has 6 nitrogen and oxygen atoms in total. The van der Waals surface area contributed by atoms with Crippen LogP contribution in [0.5, 0.6) is 0 Å². The average molecular weight is 272 g/mol. The van der Waals surface area contributed by atoms with E-state index in [2.05, 4.69) is 10.6 Å².